The van der Waals surface area contributed by atoms with Crippen LogP contribution in [-0.2, 0) is 4.79 Å². The number of likely N-dealkylation sites (N-methyl/N-ethyl adjacent to an activating group) is 1. The number of nitrogens with zero attached hydrogens (tertiary/aromatic N) is 1. The lowest BCUT2D eigenvalue weighted by atomic mass is 9.86. The average molecular weight is 287 g/mol. The highest BCUT2D eigenvalue weighted by atomic mass is 16.3. The molecule has 0 unspecified atom stereocenters. The van der Waals surface area contributed by atoms with Gasteiger partial charge in [0.15, 0.2) is 0 Å². The Bertz CT molecular complexity index is 502. The molecule has 1 saturated carbocycles. The molecule has 21 heavy (non-hydrogen) atoms. The maximum Gasteiger partial charge on any atom is 0.246 e. The molecule has 0 atom stereocenters. The Hall–Kier alpha value is -1.61. The number of rotatable bonds is 4. The Morgan fingerprint density at radius 2 is 2.05 bits per heavy atom. The number of hydrogen-bond donors (Lipinski definition) is 1. The molecule has 1 aromatic rings. The summed E-state index contributed by atoms with van der Waals surface area (Å²) in [5, 5.41) is 9.17. The van der Waals surface area contributed by atoms with Gasteiger partial charge >= 0.3 is 0 Å². The van der Waals surface area contributed by atoms with Crippen LogP contribution in [0.5, 0.6) is 0 Å². The van der Waals surface area contributed by atoms with Crippen LogP contribution in [0.4, 0.5) is 0 Å². The molecule has 0 bridgehead atoms. The van der Waals surface area contributed by atoms with Crippen LogP contribution in [0.1, 0.15) is 36.8 Å². The second kappa shape index (κ2) is 7.41. The molecule has 1 fully saturated rings. The van der Waals surface area contributed by atoms with E-state index in [1.165, 1.54) is 5.56 Å². The quantitative estimate of drug-likeness (QED) is 0.865. The van der Waals surface area contributed by atoms with E-state index in [9.17, 15) is 4.79 Å². The van der Waals surface area contributed by atoms with Gasteiger partial charge in [-0.3, -0.25) is 4.79 Å². The van der Waals surface area contributed by atoms with E-state index in [2.05, 4.69) is 6.07 Å². The van der Waals surface area contributed by atoms with Crippen LogP contribution >= 0.6 is 0 Å². The largest absolute Gasteiger partial charge is 0.396 e. The number of amides is 1. The van der Waals surface area contributed by atoms with Gasteiger partial charge in [0.1, 0.15) is 0 Å². The molecule has 0 heterocycles. The molecule has 3 nitrogen and oxygen atoms in total. The van der Waals surface area contributed by atoms with Gasteiger partial charge in [-0.05, 0) is 50.2 Å². The smallest absolute Gasteiger partial charge is 0.246 e. The molecule has 0 radical (unpaired) electrons. The monoisotopic (exact) mass is 287 g/mol. The molecule has 0 aromatic heterocycles. The van der Waals surface area contributed by atoms with Gasteiger partial charge in [-0.1, -0.05) is 29.8 Å². The minimum Gasteiger partial charge on any atom is -0.396 e. The number of aliphatic hydroxyl groups is 1. The summed E-state index contributed by atoms with van der Waals surface area (Å²) in [5.41, 5.74) is 2.25. The van der Waals surface area contributed by atoms with Crippen molar-refractivity contribution in [2.24, 2.45) is 5.92 Å². The van der Waals surface area contributed by atoms with Crippen LogP contribution in [0.15, 0.2) is 30.3 Å². The first-order chi connectivity index (χ1) is 10.1. The summed E-state index contributed by atoms with van der Waals surface area (Å²) >= 11 is 0. The third-order valence-corrected chi connectivity index (χ3v) is 4.43. The van der Waals surface area contributed by atoms with Gasteiger partial charge in [0, 0.05) is 25.8 Å². The van der Waals surface area contributed by atoms with Crippen LogP contribution in [0.3, 0.4) is 0 Å². The Morgan fingerprint density at radius 3 is 2.67 bits per heavy atom. The summed E-state index contributed by atoms with van der Waals surface area (Å²) < 4.78 is 0. The van der Waals surface area contributed by atoms with Crippen molar-refractivity contribution in [1.82, 2.24) is 4.90 Å². The minimum absolute atomic E-state index is 0.0592. The number of benzene rings is 1. The van der Waals surface area contributed by atoms with E-state index in [1.807, 2.05) is 43.1 Å². The lowest BCUT2D eigenvalue weighted by Gasteiger charge is -2.33. The van der Waals surface area contributed by atoms with Crippen LogP contribution in [0, 0.1) is 12.8 Å². The Kier molecular flexibility index (Phi) is 5.57. The van der Waals surface area contributed by atoms with Crippen LogP contribution < -0.4 is 0 Å². The number of hydrogen-bond acceptors (Lipinski definition) is 2. The molecule has 2 rings (SSSR count). The van der Waals surface area contributed by atoms with Crippen molar-refractivity contribution in [3.8, 4) is 0 Å². The highest BCUT2D eigenvalue weighted by Gasteiger charge is 2.25. The summed E-state index contributed by atoms with van der Waals surface area (Å²) in [6.45, 7) is 2.32. The average Bonchev–Trinajstić information content (AvgIpc) is 2.52. The highest BCUT2D eigenvalue weighted by Crippen LogP contribution is 2.26. The van der Waals surface area contributed by atoms with Crippen LogP contribution in [0.25, 0.3) is 6.08 Å². The molecule has 114 valence electrons. The van der Waals surface area contributed by atoms with Crippen molar-refractivity contribution in [2.75, 3.05) is 13.7 Å². The first-order valence-electron chi connectivity index (χ1n) is 7.72. The van der Waals surface area contributed by atoms with Crippen molar-refractivity contribution in [3.63, 3.8) is 0 Å². The molecule has 3 heteroatoms. The van der Waals surface area contributed by atoms with Crippen molar-refractivity contribution < 1.29 is 9.90 Å². The van der Waals surface area contributed by atoms with E-state index < -0.39 is 0 Å². The Balaban J connectivity index is 1.91. The van der Waals surface area contributed by atoms with Gasteiger partial charge in [-0.15, -0.1) is 0 Å². The first-order valence-corrected chi connectivity index (χ1v) is 7.72. The minimum atomic E-state index is 0.0592. The SMILES string of the molecule is Cc1cccc(/C=C/C(=O)N(C)C2CCC(CO)CC2)c1. The summed E-state index contributed by atoms with van der Waals surface area (Å²) in [6.07, 6.45) is 7.55. The fraction of sp³-hybridized carbons (Fsp3) is 0.500. The predicted molar refractivity (Wildman–Crippen MR) is 85.8 cm³/mol. The Labute approximate surface area is 127 Å². The highest BCUT2D eigenvalue weighted by molar-refractivity contribution is 5.91. The van der Waals surface area contributed by atoms with Gasteiger partial charge in [0.25, 0.3) is 0 Å². The molecule has 1 amide bonds. The molecule has 0 saturated heterocycles. The zero-order chi connectivity index (χ0) is 15.2. The van der Waals surface area contributed by atoms with Crippen molar-refractivity contribution in [3.05, 3.63) is 41.5 Å². The van der Waals surface area contributed by atoms with E-state index in [4.69, 9.17) is 5.11 Å². The lowest BCUT2D eigenvalue weighted by Crippen LogP contribution is -2.39. The van der Waals surface area contributed by atoms with Crippen LogP contribution in [0.2, 0.25) is 0 Å². The molecule has 1 aromatic carbocycles. The van der Waals surface area contributed by atoms with Crippen molar-refractivity contribution in [2.45, 2.75) is 38.6 Å². The number of aliphatic hydroxyl groups excluding tert-OH is 1. The number of carbonyl (C=O) groups is 1. The van der Waals surface area contributed by atoms with Gasteiger partial charge in [0.2, 0.25) is 5.91 Å². The van der Waals surface area contributed by atoms with Gasteiger partial charge in [0.05, 0.1) is 0 Å². The fourth-order valence-electron chi connectivity index (χ4n) is 2.95. The van der Waals surface area contributed by atoms with Crippen molar-refractivity contribution >= 4 is 12.0 Å². The summed E-state index contributed by atoms with van der Waals surface area (Å²) in [6, 6.07) is 8.42. The molecule has 1 aliphatic carbocycles. The summed E-state index contributed by atoms with van der Waals surface area (Å²) in [7, 11) is 1.88. The zero-order valence-corrected chi connectivity index (χ0v) is 13.0. The molecular formula is C18H25NO2. The van der Waals surface area contributed by atoms with E-state index in [-0.39, 0.29) is 12.5 Å². The maximum atomic E-state index is 12.2. The fourth-order valence-corrected chi connectivity index (χ4v) is 2.95. The van der Waals surface area contributed by atoms with Gasteiger partial charge in [-0.2, -0.15) is 0 Å². The maximum absolute atomic E-state index is 12.2. The van der Waals surface area contributed by atoms with E-state index in [0.29, 0.717) is 12.0 Å². The molecule has 1 aliphatic rings. The third-order valence-electron chi connectivity index (χ3n) is 4.43. The van der Waals surface area contributed by atoms with E-state index in [0.717, 1.165) is 31.2 Å². The summed E-state index contributed by atoms with van der Waals surface area (Å²) in [5.74, 6) is 0.483. The third kappa shape index (κ3) is 4.43. The van der Waals surface area contributed by atoms with Gasteiger partial charge < -0.3 is 10.0 Å². The predicted octanol–water partition coefficient (Wildman–Crippen LogP) is 3.02. The normalized spacial score (nSPS) is 22.4. The standard InChI is InChI=1S/C18H25NO2/c1-14-4-3-5-15(12-14)8-11-18(21)19(2)17-9-6-16(13-20)7-10-17/h3-5,8,11-12,16-17,20H,6-7,9-10,13H2,1-2H3/b11-8+. The van der Waals surface area contributed by atoms with E-state index in [1.54, 1.807) is 6.08 Å². The molecular weight excluding hydrogens is 262 g/mol. The number of carbonyl (C=O) groups excluding carboxylic acids is 1. The van der Waals surface area contributed by atoms with Crippen molar-refractivity contribution in [1.29, 1.82) is 0 Å². The molecule has 1 N–H and O–H groups in total. The molecule has 0 aliphatic heterocycles. The lowest BCUT2D eigenvalue weighted by molar-refractivity contribution is -0.127. The first kappa shape index (κ1) is 15.8. The Morgan fingerprint density at radius 1 is 1.33 bits per heavy atom. The second-order valence-electron chi connectivity index (χ2n) is 6.05. The van der Waals surface area contributed by atoms with Gasteiger partial charge in [-0.25, -0.2) is 0 Å². The zero-order valence-electron chi connectivity index (χ0n) is 13.0. The topological polar surface area (TPSA) is 40.5 Å². The summed E-state index contributed by atoms with van der Waals surface area (Å²) in [4.78, 5) is 14.1. The van der Waals surface area contributed by atoms with E-state index >= 15 is 0 Å². The second-order valence-corrected chi connectivity index (χ2v) is 6.05. The molecule has 0 spiro atoms. The van der Waals surface area contributed by atoms with Crippen LogP contribution in [-0.4, -0.2) is 35.6 Å². The number of aryl methyl sites for hydroxylation is 1.